The molecule has 10 heteroatoms. The molecule has 10 nitrogen and oxygen atoms in total. The summed E-state index contributed by atoms with van der Waals surface area (Å²) < 4.78 is 7.08. The largest absolute Gasteiger partial charge is 0.411 e. The van der Waals surface area contributed by atoms with Crippen LogP contribution in [0.2, 0.25) is 0 Å². The third-order valence-corrected chi connectivity index (χ3v) is 4.04. The highest BCUT2D eigenvalue weighted by molar-refractivity contribution is 5.83. The molecule has 1 aliphatic carbocycles. The van der Waals surface area contributed by atoms with Gasteiger partial charge >= 0.3 is 0 Å². The fourth-order valence-corrected chi connectivity index (χ4v) is 2.67. The third-order valence-electron chi connectivity index (χ3n) is 4.04. The van der Waals surface area contributed by atoms with Gasteiger partial charge in [0.15, 0.2) is 23.2 Å². The molecule has 0 aromatic carbocycles. The van der Waals surface area contributed by atoms with E-state index in [0.29, 0.717) is 23.0 Å². The molecule has 2 aromatic rings. The predicted octanol–water partition coefficient (Wildman–Crippen LogP) is -0.520. The molecule has 4 atom stereocenters. The Morgan fingerprint density at radius 2 is 2.09 bits per heavy atom. The van der Waals surface area contributed by atoms with Crippen molar-refractivity contribution in [3.05, 3.63) is 12.7 Å². The molecule has 1 saturated heterocycles. The maximum absolute atomic E-state index is 10.2. The van der Waals surface area contributed by atoms with Crippen molar-refractivity contribution in [2.75, 3.05) is 5.32 Å². The van der Waals surface area contributed by atoms with Crippen LogP contribution in [0.15, 0.2) is 17.8 Å². The number of aliphatic hydroxyl groups is 2. The van der Waals surface area contributed by atoms with Crippen LogP contribution in [0.3, 0.4) is 0 Å². The van der Waals surface area contributed by atoms with E-state index in [1.165, 1.54) is 17.2 Å². The van der Waals surface area contributed by atoms with E-state index < -0.39 is 24.5 Å². The van der Waals surface area contributed by atoms with Crippen molar-refractivity contribution in [1.29, 1.82) is 0 Å². The highest BCUT2D eigenvalue weighted by atomic mass is 16.6. The molecule has 2 aromatic heterocycles. The first kappa shape index (κ1) is 14.3. The standard InChI is InChI=1S/C13H16N6O4/c20-9-7(3-17-22)23-13(10(9)21)19-5-16-8-11(18-6-1-2-6)14-4-15-12(8)19/h3-7,9-10,13,20-22H,1-2H2,(H,14,15,18)/b17-3+/t7-,9-,10-,13-/m1/s1. The SMILES string of the molecule is O/N=C/[C@H]1O[C@@H](n2cnc3c(NC4CC4)ncnc32)[C@H](O)[C@@H]1O. The Kier molecular flexibility index (Phi) is 3.36. The van der Waals surface area contributed by atoms with Gasteiger partial charge in [-0.3, -0.25) is 4.57 Å². The molecule has 23 heavy (non-hydrogen) atoms. The fraction of sp³-hybridized carbons (Fsp3) is 0.538. The highest BCUT2D eigenvalue weighted by Crippen LogP contribution is 2.32. The molecule has 0 unspecified atom stereocenters. The minimum atomic E-state index is -1.21. The lowest BCUT2D eigenvalue weighted by atomic mass is 10.1. The van der Waals surface area contributed by atoms with Gasteiger partial charge in [0.2, 0.25) is 0 Å². The van der Waals surface area contributed by atoms with Gasteiger partial charge in [0, 0.05) is 6.04 Å². The summed E-state index contributed by atoms with van der Waals surface area (Å²) in [7, 11) is 0. The Hall–Kier alpha value is -2.30. The normalized spacial score (nSPS) is 31.2. The van der Waals surface area contributed by atoms with E-state index in [-0.39, 0.29) is 0 Å². The number of aromatic nitrogens is 4. The Bertz CT molecular complexity index is 745. The van der Waals surface area contributed by atoms with Crippen molar-refractivity contribution >= 4 is 23.2 Å². The van der Waals surface area contributed by atoms with Gasteiger partial charge in [0.25, 0.3) is 0 Å². The summed E-state index contributed by atoms with van der Waals surface area (Å²) in [4.78, 5) is 12.7. The lowest BCUT2D eigenvalue weighted by Gasteiger charge is -2.16. The van der Waals surface area contributed by atoms with Crippen molar-refractivity contribution in [2.24, 2.45) is 5.16 Å². The lowest BCUT2D eigenvalue weighted by Crippen LogP contribution is -2.32. The topological polar surface area (TPSA) is 138 Å². The number of fused-ring (bicyclic) bond motifs is 1. The van der Waals surface area contributed by atoms with Crippen molar-refractivity contribution in [3.63, 3.8) is 0 Å². The Balaban J connectivity index is 1.69. The molecule has 2 fully saturated rings. The molecular formula is C13H16N6O4. The van der Waals surface area contributed by atoms with Crippen LogP contribution >= 0.6 is 0 Å². The maximum Gasteiger partial charge on any atom is 0.167 e. The second-order valence-electron chi connectivity index (χ2n) is 5.70. The zero-order chi connectivity index (χ0) is 16.0. The van der Waals surface area contributed by atoms with Gasteiger partial charge in [0.05, 0.1) is 12.5 Å². The summed E-state index contributed by atoms with van der Waals surface area (Å²) in [6.45, 7) is 0. The van der Waals surface area contributed by atoms with E-state index in [1.807, 2.05) is 0 Å². The van der Waals surface area contributed by atoms with Crippen molar-refractivity contribution in [3.8, 4) is 0 Å². The number of imidazole rings is 1. The molecule has 3 heterocycles. The Morgan fingerprint density at radius 3 is 2.83 bits per heavy atom. The van der Waals surface area contributed by atoms with E-state index in [1.54, 1.807) is 0 Å². The molecule has 0 spiro atoms. The minimum Gasteiger partial charge on any atom is -0.411 e. The summed E-state index contributed by atoms with van der Waals surface area (Å²) in [6, 6.07) is 0.415. The highest BCUT2D eigenvalue weighted by Gasteiger charge is 2.43. The third kappa shape index (κ3) is 2.40. The van der Waals surface area contributed by atoms with Gasteiger partial charge in [-0.1, -0.05) is 5.16 Å². The van der Waals surface area contributed by atoms with Crippen LogP contribution in [0, 0.1) is 0 Å². The molecule has 1 aliphatic heterocycles. The van der Waals surface area contributed by atoms with Crippen molar-refractivity contribution in [2.45, 2.75) is 43.4 Å². The molecule has 4 rings (SSSR count). The lowest BCUT2D eigenvalue weighted by molar-refractivity contribution is -0.0214. The first-order chi connectivity index (χ1) is 11.2. The predicted molar refractivity (Wildman–Crippen MR) is 78.2 cm³/mol. The van der Waals surface area contributed by atoms with E-state index >= 15 is 0 Å². The second kappa shape index (κ2) is 5.41. The fourth-order valence-electron chi connectivity index (χ4n) is 2.67. The van der Waals surface area contributed by atoms with Gasteiger partial charge in [-0.05, 0) is 12.8 Å². The molecule has 2 aliphatic rings. The summed E-state index contributed by atoms with van der Waals surface area (Å²) in [6.07, 6.45) is 1.92. The Labute approximate surface area is 130 Å². The summed E-state index contributed by atoms with van der Waals surface area (Å²) in [5.41, 5.74) is 1.06. The summed E-state index contributed by atoms with van der Waals surface area (Å²) in [5.74, 6) is 0.637. The number of hydrogen-bond donors (Lipinski definition) is 4. The molecule has 1 saturated carbocycles. The average molecular weight is 320 g/mol. The number of nitrogens with one attached hydrogen (secondary N) is 1. The minimum absolute atomic E-state index is 0.415. The van der Waals surface area contributed by atoms with Crippen LogP contribution in [-0.4, -0.2) is 65.5 Å². The summed E-state index contributed by atoms with van der Waals surface area (Å²) in [5, 5.41) is 34.9. The van der Waals surface area contributed by atoms with Crippen LogP contribution in [0.1, 0.15) is 19.1 Å². The van der Waals surface area contributed by atoms with E-state index in [0.717, 1.165) is 19.1 Å². The van der Waals surface area contributed by atoms with Crippen LogP contribution in [0.25, 0.3) is 11.2 Å². The number of rotatable bonds is 4. The quantitative estimate of drug-likeness (QED) is 0.335. The number of nitrogens with zero attached hydrogens (tertiary/aromatic N) is 5. The monoisotopic (exact) mass is 320 g/mol. The molecular weight excluding hydrogens is 304 g/mol. The number of aliphatic hydroxyl groups excluding tert-OH is 2. The number of oxime groups is 1. The van der Waals surface area contributed by atoms with Gasteiger partial charge in [0.1, 0.15) is 24.6 Å². The molecule has 0 bridgehead atoms. The number of anilines is 1. The van der Waals surface area contributed by atoms with Crippen LogP contribution in [0.5, 0.6) is 0 Å². The zero-order valence-electron chi connectivity index (χ0n) is 12.0. The average Bonchev–Trinajstić information content (AvgIpc) is 3.20. The van der Waals surface area contributed by atoms with Gasteiger partial charge in [-0.25, -0.2) is 15.0 Å². The van der Waals surface area contributed by atoms with E-state index in [4.69, 9.17) is 9.94 Å². The van der Waals surface area contributed by atoms with Crippen LogP contribution < -0.4 is 5.32 Å². The second-order valence-corrected chi connectivity index (χ2v) is 5.70. The van der Waals surface area contributed by atoms with Gasteiger partial charge in [-0.2, -0.15) is 0 Å². The van der Waals surface area contributed by atoms with Crippen molar-refractivity contribution in [1.82, 2.24) is 19.5 Å². The van der Waals surface area contributed by atoms with E-state index in [9.17, 15) is 10.2 Å². The number of ether oxygens (including phenoxy) is 1. The first-order valence-electron chi connectivity index (χ1n) is 7.32. The van der Waals surface area contributed by atoms with Gasteiger partial charge in [-0.15, -0.1) is 0 Å². The molecule has 0 radical (unpaired) electrons. The molecule has 0 amide bonds. The van der Waals surface area contributed by atoms with Crippen LogP contribution in [-0.2, 0) is 4.74 Å². The molecule has 122 valence electrons. The Morgan fingerprint density at radius 1 is 1.26 bits per heavy atom. The smallest absolute Gasteiger partial charge is 0.167 e. The van der Waals surface area contributed by atoms with Crippen molar-refractivity contribution < 1.29 is 20.2 Å². The molecule has 4 N–H and O–H groups in total. The van der Waals surface area contributed by atoms with Crippen LogP contribution in [0.4, 0.5) is 5.82 Å². The summed E-state index contributed by atoms with van der Waals surface area (Å²) >= 11 is 0. The number of hydrogen-bond acceptors (Lipinski definition) is 9. The first-order valence-corrected chi connectivity index (χ1v) is 7.32. The van der Waals surface area contributed by atoms with E-state index in [2.05, 4.69) is 25.4 Å². The zero-order valence-corrected chi connectivity index (χ0v) is 12.0. The maximum atomic E-state index is 10.2. The van der Waals surface area contributed by atoms with Gasteiger partial charge < -0.3 is 25.5 Å².